The molecular weight excluding hydrogens is 246 g/mol. The summed E-state index contributed by atoms with van der Waals surface area (Å²) >= 11 is 1.61. The van der Waals surface area contributed by atoms with Crippen LogP contribution in [0.3, 0.4) is 0 Å². The maximum atomic E-state index is 11.7. The van der Waals surface area contributed by atoms with E-state index >= 15 is 0 Å². The second-order valence-electron chi connectivity index (χ2n) is 4.61. The Bertz CT molecular complexity index is 546. The van der Waals surface area contributed by atoms with Gasteiger partial charge in [-0.05, 0) is 30.0 Å². The molecule has 0 spiro atoms. The van der Waals surface area contributed by atoms with Crippen molar-refractivity contribution in [3.63, 3.8) is 0 Å². The van der Waals surface area contributed by atoms with E-state index in [1.165, 1.54) is 0 Å². The number of aromatic amines is 1. The van der Waals surface area contributed by atoms with Crippen molar-refractivity contribution < 1.29 is 0 Å². The summed E-state index contributed by atoms with van der Waals surface area (Å²) in [7, 11) is 0. The average Bonchev–Trinajstić information content (AvgIpc) is 2.84. The molecule has 0 aliphatic rings. The lowest BCUT2D eigenvalue weighted by Gasteiger charge is -2.07. The van der Waals surface area contributed by atoms with Gasteiger partial charge in [-0.1, -0.05) is 19.9 Å². The Labute approximate surface area is 110 Å². The molecule has 18 heavy (non-hydrogen) atoms. The van der Waals surface area contributed by atoms with Crippen molar-refractivity contribution in [2.75, 3.05) is 6.54 Å². The molecule has 0 aliphatic carbocycles. The van der Waals surface area contributed by atoms with Gasteiger partial charge in [0.2, 0.25) is 0 Å². The van der Waals surface area contributed by atoms with Gasteiger partial charge in [-0.25, -0.2) is 5.10 Å². The summed E-state index contributed by atoms with van der Waals surface area (Å²) in [5.41, 5.74) is 1.44. The molecule has 4 nitrogen and oxygen atoms in total. The molecule has 0 atom stereocenters. The molecule has 2 rings (SSSR count). The minimum Gasteiger partial charge on any atom is -0.312 e. The highest BCUT2D eigenvalue weighted by atomic mass is 32.1. The Morgan fingerprint density at radius 2 is 2.33 bits per heavy atom. The van der Waals surface area contributed by atoms with Crippen molar-refractivity contribution in [2.45, 2.75) is 20.4 Å². The van der Waals surface area contributed by atoms with Crippen molar-refractivity contribution in [3.8, 4) is 10.6 Å². The van der Waals surface area contributed by atoms with Crippen molar-refractivity contribution in [1.29, 1.82) is 0 Å². The zero-order valence-electron chi connectivity index (χ0n) is 10.6. The van der Waals surface area contributed by atoms with Crippen LogP contribution in [0.5, 0.6) is 0 Å². The molecule has 0 radical (unpaired) electrons. The van der Waals surface area contributed by atoms with E-state index in [0.29, 0.717) is 12.5 Å². The monoisotopic (exact) mass is 263 g/mol. The van der Waals surface area contributed by atoms with E-state index in [2.05, 4.69) is 29.4 Å². The lowest BCUT2D eigenvalue weighted by atomic mass is 10.2. The van der Waals surface area contributed by atoms with Crippen LogP contribution in [0.25, 0.3) is 10.6 Å². The molecule has 5 heteroatoms. The Kier molecular flexibility index (Phi) is 4.28. The van der Waals surface area contributed by atoms with Crippen LogP contribution in [0.2, 0.25) is 0 Å². The predicted molar refractivity (Wildman–Crippen MR) is 74.7 cm³/mol. The second kappa shape index (κ2) is 5.93. The van der Waals surface area contributed by atoms with Crippen LogP contribution in [0.4, 0.5) is 0 Å². The number of aromatic nitrogens is 2. The maximum Gasteiger partial charge on any atom is 0.268 e. The molecule has 2 aromatic rings. The molecule has 0 aliphatic heterocycles. The van der Waals surface area contributed by atoms with Crippen LogP contribution < -0.4 is 10.9 Å². The number of H-pyrrole nitrogens is 1. The molecule has 0 unspecified atom stereocenters. The van der Waals surface area contributed by atoms with Gasteiger partial charge < -0.3 is 5.32 Å². The van der Waals surface area contributed by atoms with E-state index in [1.807, 2.05) is 23.6 Å². The van der Waals surface area contributed by atoms with Gasteiger partial charge >= 0.3 is 0 Å². The van der Waals surface area contributed by atoms with Gasteiger partial charge in [-0.3, -0.25) is 4.79 Å². The highest BCUT2D eigenvalue weighted by Gasteiger charge is 2.06. The Hall–Kier alpha value is -1.46. The fraction of sp³-hybridized carbons (Fsp3) is 0.385. The van der Waals surface area contributed by atoms with Crippen LogP contribution in [-0.2, 0) is 6.54 Å². The first-order valence-electron chi connectivity index (χ1n) is 6.00. The zero-order valence-corrected chi connectivity index (χ0v) is 11.4. The average molecular weight is 263 g/mol. The molecule has 0 fully saturated rings. The van der Waals surface area contributed by atoms with E-state index in [4.69, 9.17) is 0 Å². The van der Waals surface area contributed by atoms with Crippen molar-refractivity contribution in [1.82, 2.24) is 15.5 Å². The van der Waals surface area contributed by atoms with E-state index < -0.39 is 0 Å². The molecule has 0 saturated carbocycles. The second-order valence-corrected chi connectivity index (χ2v) is 5.56. The predicted octanol–water partition coefficient (Wildman–Crippen LogP) is 2.24. The summed E-state index contributed by atoms with van der Waals surface area (Å²) in [6, 6.07) is 5.83. The van der Waals surface area contributed by atoms with E-state index in [-0.39, 0.29) is 5.56 Å². The van der Waals surface area contributed by atoms with Crippen LogP contribution in [0, 0.1) is 5.92 Å². The first-order valence-corrected chi connectivity index (χ1v) is 6.88. The highest BCUT2D eigenvalue weighted by Crippen LogP contribution is 2.21. The summed E-state index contributed by atoms with van der Waals surface area (Å²) in [4.78, 5) is 12.7. The largest absolute Gasteiger partial charge is 0.312 e. The molecule has 2 heterocycles. The van der Waals surface area contributed by atoms with Crippen LogP contribution in [0.1, 0.15) is 19.4 Å². The van der Waals surface area contributed by atoms with Gasteiger partial charge in [0, 0.05) is 12.1 Å². The third-order valence-corrected chi connectivity index (χ3v) is 3.41. The Morgan fingerprint density at radius 1 is 1.50 bits per heavy atom. The van der Waals surface area contributed by atoms with Gasteiger partial charge in [0.15, 0.2) is 0 Å². The number of rotatable bonds is 5. The van der Waals surface area contributed by atoms with Crippen LogP contribution >= 0.6 is 11.3 Å². The smallest absolute Gasteiger partial charge is 0.268 e. The molecule has 96 valence electrons. The standard InChI is InChI=1S/C13H17N3OS/c1-9(2)7-14-8-10-6-11(15-16-13(10)17)12-4-3-5-18-12/h3-6,9,14H,7-8H2,1-2H3,(H,16,17). The molecule has 0 aromatic carbocycles. The van der Waals surface area contributed by atoms with Gasteiger partial charge in [0.25, 0.3) is 5.56 Å². The quantitative estimate of drug-likeness (QED) is 0.870. The first kappa shape index (κ1) is 13.0. The van der Waals surface area contributed by atoms with Gasteiger partial charge in [0.05, 0.1) is 4.88 Å². The number of hydrogen-bond donors (Lipinski definition) is 2. The summed E-state index contributed by atoms with van der Waals surface area (Å²) in [6.45, 7) is 5.76. The fourth-order valence-corrected chi connectivity index (χ4v) is 2.31. The molecule has 2 aromatic heterocycles. The normalized spacial score (nSPS) is 11.1. The maximum absolute atomic E-state index is 11.7. The molecule has 0 amide bonds. The summed E-state index contributed by atoms with van der Waals surface area (Å²) < 4.78 is 0. The minimum atomic E-state index is -0.119. The fourth-order valence-electron chi connectivity index (χ4n) is 1.62. The third kappa shape index (κ3) is 3.27. The Morgan fingerprint density at radius 3 is 3.00 bits per heavy atom. The molecule has 2 N–H and O–H groups in total. The lowest BCUT2D eigenvalue weighted by molar-refractivity contribution is 0.550. The SMILES string of the molecule is CC(C)CNCc1cc(-c2cccs2)n[nH]c1=O. The number of thiophene rings is 1. The molecular formula is C13H17N3OS. The minimum absolute atomic E-state index is 0.119. The van der Waals surface area contributed by atoms with Crippen molar-refractivity contribution >= 4 is 11.3 Å². The van der Waals surface area contributed by atoms with Crippen LogP contribution in [0.15, 0.2) is 28.4 Å². The highest BCUT2D eigenvalue weighted by molar-refractivity contribution is 7.13. The molecule has 0 saturated heterocycles. The van der Waals surface area contributed by atoms with E-state index in [1.54, 1.807) is 11.3 Å². The summed E-state index contributed by atoms with van der Waals surface area (Å²) in [5.74, 6) is 0.572. The number of hydrogen-bond acceptors (Lipinski definition) is 4. The summed E-state index contributed by atoms with van der Waals surface area (Å²) in [5, 5.41) is 11.9. The number of nitrogens with one attached hydrogen (secondary N) is 2. The van der Waals surface area contributed by atoms with E-state index in [0.717, 1.165) is 22.7 Å². The number of nitrogens with zero attached hydrogens (tertiary/aromatic N) is 1. The summed E-state index contributed by atoms with van der Waals surface area (Å²) in [6.07, 6.45) is 0. The first-order chi connectivity index (χ1) is 8.66. The Balaban J connectivity index is 2.15. The van der Waals surface area contributed by atoms with Crippen molar-refractivity contribution in [3.05, 3.63) is 39.5 Å². The van der Waals surface area contributed by atoms with Crippen LogP contribution in [-0.4, -0.2) is 16.7 Å². The topological polar surface area (TPSA) is 57.8 Å². The van der Waals surface area contributed by atoms with Gasteiger partial charge in [-0.15, -0.1) is 11.3 Å². The van der Waals surface area contributed by atoms with Gasteiger partial charge in [-0.2, -0.15) is 5.10 Å². The van der Waals surface area contributed by atoms with E-state index in [9.17, 15) is 4.79 Å². The third-order valence-electron chi connectivity index (χ3n) is 2.52. The van der Waals surface area contributed by atoms with Gasteiger partial charge in [0.1, 0.15) is 5.69 Å². The molecule has 0 bridgehead atoms. The zero-order chi connectivity index (χ0) is 13.0. The lowest BCUT2D eigenvalue weighted by Crippen LogP contribution is -2.24. The van der Waals surface area contributed by atoms with Crippen molar-refractivity contribution in [2.24, 2.45) is 5.92 Å².